The standard InChI is InChI=1S/C9H8BrN3O2/c1-5(14)9-12-8(13-15-9)6-2-7(10)4-11-3-6/h2-5,14H,1H3/t5-/m0/s1. The van der Waals surface area contributed by atoms with Crippen LogP contribution in [0.15, 0.2) is 27.5 Å². The summed E-state index contributed by atoms with van der Waals surface area (Å²) in [6.07, 6.45) is 2.53. The van der Waals surface area contributed by atoms with Gasteiger partial charge in [0.15, 0.2) is 0 Å². The van der Waals surface area contributed by atoms with Crippen molar-refractivity contribution in [1.29, 1.82) is 0 Å². The van der Waals surface area contributed by atoms with Gasteiger partial charge in [-0.05, 0) is 28.9 Å². The van der Waals surface area contributed by atoms with E-state index in [1.807, 2.05) is 6.07 Å². The van der Waals surface area contributed by atoms with Gasteiger partial charge in [-0.1, -0.05) is 5.16 Å². The van der Waals surface area contributed by atoms with Crippen molar-refractivity contribution in [3.63, 3.8) is 0 Å². The largest absolute Gasteiger partial charge is 0.384 e. The van der Waals surface area contributed by atoms with Crippen molar-refractivity contribution < 1.29 is 9.63 Å². The van der Waals surface area contributed by atoms with Crippen molar-refractivity contribution in [3.05, 3.63) is 28.8 Å². The minimum atomic E-state index is -0.758. The van der Waals surface area contributed by atoms with Gasteiger partial charge in [-0.15, -0.1) is 0 Å². The molecule has 1 N–H and O–H groups in total. The molecule has 0 bridgehead atoms. The average molecular weight is 270 g/mol. The Morgan fingerprint density at radius 2 is 2.27 bits per heavy atom. The van der Waals surface area contributed by atoms with E-state index in [-0.39, 0.29) is 5.89 Å². The summed E-state index contributed by atoms with van der Waals surface area (Å²) in [5, 5.41) is 13.0. The molecule has 0 radical (unpaired) electrons. The van der Waals surface area contributed by atoms with Gasteiger partial charge in [0.1, 0.15) is 6.10 Å². The molecular formula is C9H8BrN3O2. The molecule has 2 aromatic heterocycles. The smallest absolute Gasteiger partial charge is 0.255 e. The highest BCUT2D eigenvalue weighted by atomic mass is 79.9. The highest BCUT2D eigenvalue weighted by Crippen LogP contribution is 2.20. The summed E-state index contributed by atoms with van der Waals surface area (Å²) >= 11 is 3.30. The molecule has 5 nitrogen and oxygen atoms in total. The van der Waals surface area contributed by atoms with Crippen LogP contribution in [0.3, 0.4) is 0 Å². The lowest BCUT2D eigenvalue weighted by molar-refractivity contribution is 0.152. The van der Waals surface area contributed by atoms with Crippen LogP contribution < -0.4 is 0 Å². The van der Waals surface area contributed by atoms with Crippen LogP contribution in [-0.4, -0.2) is 20.2 Å². The van der Waals surface area contributed by atoms with Gasteiger partial charge in [0.2, 0.25) is 5.82 Å². The average Bonchev–Trinajstić information content (AvgIpc) is 2.66. The van der Waals surface area contributed by atoms with Crippen molar-refractivity contribution in [2.45, 2.75) is 13.0 Å². The maximum atomic E-state index is 9.22. The van der Waals surface area contributed by atoms with Gasteiger partial charge >= 0.3 is 0 Å². The lowest BCUT2D eigenvalue weighted by Gasteiger charge is -1.94. The molecular weight excluding hydrogens is 262 g/mol. The molecule has 0 aliphatic heterocycles. The minimum Gasteiger partial charge on any atom is -0.384 e. The van der Waals surface area contributed by atoms with Crippen LogP contribution in [0.1, 0.15) is 18.9 Å². The van der Waals surface area contributed by atoms with Gasteiger partial charge in [0, 0.05) is 22.4 Å². The molecule has 1 atom stereocenters. The Labute approximate surface area is 94.3 Å². The zero-order valence-electron chi connectivity index (χ0n) is 7.88. The monoisotopic (exact) mass is 269 g/mol. The van der Waals surface area contributed by atoms with E-state index in [2.05, 4.69) is 31.1 Å². The van der Waals surface area contributed by atoms with Crippen LogP contribution >= 0.6 is 15.9 Å². The Hall–Kier alpha value is -1.27. The van der Waals surface area contributed by atoms with E-state index < -0.39 is 6.10 Å². The summed E-state index contributed by atoms with van der Waals surface area (Å²) in [7, 11) is 0. The van der Waals surface area contributed by atoms with Gasteiger partial charge in [0.05, 0.1) is 0 Å². The Balaban J connectivity index is 2.37. The Morgan fingerprint density at radius 1 is 1.47 bits per heavy atom. The fourth-order valence-corrected chi connectivity index (χ4v) is 1.42. The zero-order valence-corrected chi connectivity index (χ0v) is 9.47. The second-order valence-electron chi connectivity index (χ2n) is 3.02. The number of pyridine rings is 1. The SMILES string of the molecule is C[C@H](O)c1nc(-c2cncc(Br)c2)no1. The number of halogens is 1. The number of nitrogens with zero attached hydrogens (tertiary/aromatic N) is 3. The molecule has 0 fully saturated rings. The van der Waals surface area contributed by atoms with Gasteiger partial charge in [-0.2, -0.15) is 4.98 Å². The van der Waals surface area contributed by atoms with Crippen LogP contribution in [0.2, 0.25) is 0 Å². The Kier molecular flexibility index (Phi) is 2.79. The first-order chi connectivity index (χ1) is 7.16. The van der Waals surface area contributed by atoms with E-state index >= 15 is 0 Å². The first-order valence-electron chi connectivity index (χ1n) is 4.29. The fourth-order valence-electron chi connectivity index (χ4n) is 1.06. The van der Waals surface area contributed by atoms with E-state index in [4.69, 9.17) is 4.52 Å². The lowest BCUT2D eigenvalue weighted by atomic mass is 10.3. The summed E-state index contributed by atoms with van der Waals surface area (Å²) in [6.45, 7) is 1.57. The third-order valence-electron chi connectivity index (χ3n) is 1.76. The van der Waals surface area contributed by atoms with E-state index in [1.165, 1.54) is 0 Å². The molecule has 2 aromatic rings. The van der Waals surface area contributed by atoms with Crippen LogP contribution in [0.5, 0.6) is 0 Å². The second kappa shape index (κ2) is 4.08. The van der Waals surface area contributed by atoms with Gasteiger partial charge in [-0.25, -0.2) is 0 Å². The maximum Gasteiger partial charge on any atom is 0.255 e. The van der Waals surface area contributed by atoms with E-state index in [1.54, 1.807) is 19.3 Å². The number of aliphatic hydroxyl groups is 1. The molecule has 6 heteroatoms. The van der Waals surface area contributed by atoms with Crippen molar-refractivity contribution in [3.8, 4) is 11.4 Å². The predicted molar refractivity (Wildman–Crippen MR) is 55.9 cm³/mol. The number of aliphatic hydroxyl groups excluding tert-OH is 1. The second-order valence-corrected chi connectivity index (χ2v) is 3.94. The minimum absolute atomic E-state index is 0.199. The van der Waals surface area contributed by atoms with E-state index in [0.717, 1.165) is 10.0 Å². The lowest BCUT2D eigenvalue weighted by Crippen LogP contribution is -1.90. The molecule has 0 aliphatic rings. The molecule has 78 valence electrons. The Morgan fingerprint density at radius 3 is 2.87 bits per heavy atom. The number of aromatic nitrogens is 3. The topological polar surface area (TPSA) is 72.0 Å². The first-order valence-corrected chi connectivity index (χ1v) is 5.08. The summed E-state index contributed by atoms with van der Waals surface area (Å²) in [5.41, 5.74) is 0.736. The maximum absolute atomic E-state index is 9.22. The summed E-state index contributed by atoms with van der Waals surface area (Å²) in [6, 6.07) is 1.82. The van der Waals surface area contributed by atoms with Crippen molar-refractivity contribution in [2.75, 3.05) is 0 Å². The van der Waals surface area contributed by atoms with Crippen molar-refractivity contribution in [1.82, 2.24) is 15.1 Å². The first kappa shape index (κ1) is 10.3. The Bertz CT molecular complexity index is 470. The summed E-state index contributed by atoms with van der Waals surface area (Å²) in [5.74, 6) is 0.615. The molecule has 0 spiro atoms. The molecule has 15 heavy (non-hydrogen) atoms. The van der Waals surface area contributed by atoms with Crippen LogP contribution in [-0.2, 0) is 0 Å². The van der Waals surface area contributed by atoms with Gasteiger partial charge in [0.25, 0.3) is 5.89 Å². The third kappa shape index (κ3) is 2.21. The fraction of sp³-hybridized carbons (Fsp3) is 0.222. The molecule has 2 heterocycles. The van der Waals surface area contributed by atoms with E-state index in [9.17, 15) is 5.11 Å². The number of hydrogen-bond acceptors (Lipinski definition) is 5. The number of hydrogen-bond donors (Lipinski definition) is 1. The highest BCUT2D eigenvalue weighted by molar-refractivity contribution is 9.10. The normalized spacial score (nSPS) is 12.7. The van der Waals surface area contributed by atoms with Crippen molar-refractivity contribution >= 4 is 15.9 Å². The number of rotatable bonds is 2. The molecule has 0 saturated carbocycles. The predicted octanol–water partition coefficient (Wildman–Crippen LogP) is 1.95. The molecule has 0 unspecified atom stereocenters. The summed E-state index contributed by atoms with van der Waals surface area (Å²) in [4.78, 5) is 8.02. The molecule has 2 rings (SSSR count). The van der Waals surface area contributed by atoms with Crippen LogP contribution in [0, 0.1) is 0 Å². The van der Waals surface area contributed by atoms with Crippen LogP contribution in [0.25, 0.3) is 11.4 Å². The van der Waals surface area contributed by atoms with Gasteiger partial charge in [-0.3, -0.25) is 4.98 Å². The molecule has 0 aliphatic carbocycles. The molecule has 0 saturated heterocycles. The highest BCUT2D eigenvalue weighted by Gasteiger charge is 2.12. The summed E-state index contributed by atoms with van der Waals surface area (Å²) < 4.78 is 5.70. The van der Waals surface area contributed by atoms with Gasteiger partial charge < -0.3 is 9.63 Å². The molecule has 0 amide bonds. The van der Waals surface area contributed by atoms with Crippen molar-refractivity contribution in [2.24, 2.45) is 0 Å². The van der Waals surface area contributed by atoms with E-state index in [0.29, 0.717) is 5.82 Å². The quantitative estimate of drug-likeness (QED) is 0.902. The van der Waals surface area contributed by atoms with Crippen LogP contribution in [0.4, 0.5) is 0 Å². The third-order valence-corrected chi connectivity index (χ3v) is 2.20. The zero-order chi connectivity index (χ0) is 10.8. The molecule has 0 aromatic carbocycles.